The maximum atomic E-state index is 12.3. The number of carbonyl (C=O) groups is 1. The van der Waals surface area contributed by atoms with E-state index in [1.54, 1.807) is 41.7 Å². The van der Waals surface area contributed by atoms with Crippen LogP contribution in [0.2, 0.25) is 0 Å². The zero-order valence-electron chi connectivity index (χ0n) is 13.1. The fourth-order valence-electron chi connectivity index (χ4n) is 2.84. The summed E-state index contributed by atoms with van der Waals surface area (Å²) in [5.41, 5.74) is -0.918. The van der Waals surface area contributed by atoms with Crippen molar-refractivity contribution in [2.75, 3.05) is 31.6 Å². The number of aromatic nitrogens is 2. The normalized spacial score (nSPS) is 20.7. The zero-order valence-corrected chi connectivity index (χ0v) is 13.9. The first-order valence-electron chi connectivity index (χ1n) is 7.56. The number of likely N-dealkylation sites (N-methyl/N-ethyl adjacent to an activating group) is 1. The minimum Gasteiger partial charge on any atom is -0.386 e. The van der Waals surface area contributed by atoms with Crippen molar-refractivity contribution in [3.8, 4) is 0 Å². The Labute approximate surface area is 139 Å². The van der Waals surface area contributed by atoms with Crippen LogP contribution in [0.5, 0.6) is 0 Å². The lowest BCUT2D eigenvalue weighted by Gasteiger charge is -2.29. The number of amides is 1. The number of nitrogens with zero attached hydrogens (tertiary/aromatic N) is 4. The SMILES string of the molecule is CN(C[C@@]1(O)CCN(c2ncccn2)C1)C(=O)Cc1cccs1. The van der Waals surface area contributed by atoms with E-state index in [1.165, 1.54) is 0 Å². The van der Waals surface area contributed by atoms with E-state index < -0.39 is 5.60 Å². The summed E-state index contributed by atoms with van der Waals surface area (Å²) in [4.78, 5) is 25.3. The van der Waals surface area contributed by atoms with Gasteiger partial charge >= 0.3 is 0 Å². The zero-order chi connectivity index (χ0) is 16.3. The van der Waals surface area contributed by atoms with Gasteiger partial charge in [-0.05, 0) is 23.9 Å². The Balaban J connectivity index is 1.58. The number of aliphatic hydroxyl groups is 1. The standard InChI is InChI=1S/C16H20N4O2S/c1-19(14(21)10-13-4-2-9-23-13)11-16(22)5-8-20(12-16)15-17-6-3-7-18-15/h2-4,6-7,9,22H,5,8,10-12H2,1H3/t16-/m0/s1. The van der Waals surface area contributed by atoms with Crippen LogP contribution in [0.1, 0.15) is 11.3 Å². The first kappa shape index (κ1) is 15.9. The molecule has 2 aromatic heterocycles. The Hall–Kier alpha value is -1.99. The Kier molecular flexibility index (Phi) is 4.58. The highest BCUT2D eigenvalue weighted by Gasteiger charge is 2.38. The molecule has 1 saturated heterocycles. The molecule has 1 amide bonds. The van der Waals surface area contributed by atoms with E-state index in [1.807, 2.05) is 22.4 Å². The molecule has 0 unspecified atom stereocenters. The molecule has 1 aliphatic rings. The van der Waals surface area contributed by atoms with Crippen LogP contribution >= 0.6 is 11.3 Å². The molecule has 0 bridgehead atoms. The van der Waals surface area contributed by atoms with Crippen LogP contribution in [-0.2, 0) is 11.2 Å². The molecule has 1 fully saturated rings. The van der Waals surface area contributed by atoms with Crippen LogP contribution in [0, 0.1) is 0 Å². The summed E-state index contributed by atoms with van der Waals surface area (Å²) >= 11 is 1.57. The van der Waals surface area contributed by atoms with Gasteiger partial charge in [0.15, 0.2) is 0 Å². The molecule has 1 atom stereocenters. The molecule has 1 aliphatic heterocycles. The van der Waals surface area contributed by atoms with Crippen molar-refractivity contribution in [1.82, 2.24) is 14.9 Å². The van der Waals surface area contributed by atoms with E-state index in [0.717, 1.165) is 4.88 Å². The third kappa shape index (κ3) is 3.86. The second kappa shape index (κ2) is 6.64. The maximum absolute atomic E-state index is 12.3. The average Bonchev–Trinajstić information content (AvgIpc) is 3.18. The maximum Gasteiger partial charge on any atom is 0.227 e. The van der Waals surface area contributed by atoms with Gasteiger partial charge in [0.2, 0.25) is 11.9 Å². The molecule has 6 nitrogen and oxygen atoms in total. The van der Waals surface area contributed by atoms with E-state index >= 15 is 0 Å². The highest BCUT2D eigenvalue weighted by atomic mass is 32.1. The highest BCUT2D eigenvalue weighted by molar-refractivity contribution is 7.10. The first-order valence-corrected chi connectivity index (χ1v) is 8.44. The topological polar surface area (TPSA) is 69.6 Å². The smallest absolute Gasteiger partial charge is 0.227 e. The fourth-order valence-corrected chi connectivity index (χ4v) is 3.53. The predicted octanol–water partition coefficient (Wildman–Crippen LogP) is 1.18. The van der Waals surface area contributed by atoms with Gasteiger partial charge in [-0.3, -0.25) is 4.79 Å². The number of rotatable bonds is 5. The average molecular weight is 332 g/mol. The Bertz CT molecular complexity index is 649. The fraction of sp³-hybridized carbons (Fsp3) is 0.438. The van der Waals surface area contributed by atoms with Gasteiger partial charge in [0.1, 0.15) is 5.60 Å². The quantitative estimate of drug-likeness (QED) is 0.890. The minimum absolute atomic E-state index is 0.0234. The van der Waals surface area contributed by atoms with Crippen LogP contribution in [-0.4, -0.2) is 58.2 Å². The summed E-state index contributed by atoms with van der Waals surface area (Å²) in [6, 6.07) is 5.66. The van der Waals surface area contributed by atoms with Crippen molar-refractivity contribution in [3.63, 3.8) is 0 Å². The van der Waals surface area contributed by atoms with Crippen molar-refractivity contribution in [2.45, 2.75) is 18.4 Å². The predicted molar refractivity (Wildman–Crippen MR) is 89.5 cm³/mol. The lowest BCUT2D eigenvalue weighted by molar-refractivity contribution is -0.132. The van der Waals surface area contributed by atoms with Gasteiger partial charge < -0.3 is 14.9 Å². The molecule has 122 valence electrons. The number of thiophene rings is 1. The van der Waals surface area contributed by atoms with Crippen molar-refractivity contribution in [3.05, 3.63) is 40.8 Å². The van der Waals surface area contributed by atoms with E-state index in [4.69, 9.17) is 0 Å². The van der Waals surface area contributed by atoms with Crippen LogP contribution < -0.4 is 4.90 Å². The summed E-state index contributed by atoms with van der Waals surface area (Å²) in [6.45, 7) is 1.45. The lowest BCUT2D eigenvalue weighted by atomic mass is 10.0. The first-order chi connectivity index (χ1) is 11.1. The van der Waals surface area contributed by atoms with E-state index in [9.17, 15) is 9.90 Å². The monoisotopic (exact) mass is 332 g/mol. The van der Waals surface area contributed by atoms with Gasteiger partial charge in [-0.25, -0.2) is 9.97 Å². The molecular formula is C16H20N4O2S. The van der Waals surface area contributed by atoms with Gasteiger partial charge in [0.05, 0.1) is 19.5 Å². The third-order valence-electron chi connectivity index (χ3n) is 4.03. The van der Waals surface area contributed by atoms with E-state index in [-0.39, 0.29) is 5.91 Å². The largest absolute Gasteiger partial charge is 0.386 e. The minimum atomic E-state index is -0.918. The van der Waals surface area contributed by atoms with Crippen molar-refractivity contribution < 1.29 is 9.90 Å². The molecule has 7 heteroatoms. The highest BCUT2D eigenvalue weighted by Crippen LogP contribution is 2.25. The summed E-state index contributed by atoms with van der Waals surface area (Å²) in [5, 5.41) is 12.7. The van der Waals surface area contributed by atoms with Crippen molar-refractivity contribution >= 4 is 23.2 Å². The van der Waals surface area contributed by atoms with Crippen LogP contribution in [0.25, 0.3) is 0 Å². The number of β-amino-alcohol motifs (C(OH)–C–C–N with tert-alkyl or cyclic N) is 1. The molecule has 23 heavy (non-hydrogen) atoms. The summed E-state index contributed by atoms with van der Waals surface area (Å²) in [6.07, 6.45) is 4.37. The molecule has 3 heterocycles. The summed E-state index contributed by atoms with van der Waals surface area (Å²) < 4.78 is 0. The Morgan fingerprint density at radius 2 is 2.22 bits per heavy atom. The number of hydrogen-bond acceptors (Lipinski definition) is 6. The molecule has 2 aromatic rings. The molecule has 0 spiro atoms. The van der Waals surface area contributed by atoms with Crippen LogP contribution in [0.3, 0.4) is 0 Å². The van der Waals surface area contributed by atoms with E-state index in [0.29, 0.717) is 38.4 Å². The van der Waals surface area contributed by atoms with Gasteiger partial charge in [0, 0.05) is 30.9 Å². The number of carbonyl (C=O) groups excluding carboxylic acids is 1. The van der Waals surface area contributed by atoms with Gasteiger partial charge in [-0.15, -0.1) is 11.3 Å². The molecule has 0 saturated carbocycles. The molecule has 0 aliphatic carbocycles. The summed E-state index contributed by atoms with van der Waals surface area (Å²) in [5.74, 6) is 0.645. The van der Waals surface area contributed by atoms with Gasteiger partial charge in [-0.2, -0.15) is 0 Å². The lowest BCUT2D eigenvalue weighted by Crippen LogP contribution is -2.46. The van der Waals surface area contributed by atoms with Crippen molar-refractivity contribution in [2.24, 2.45) is 0 Å². The molecule has 1 N–H and O–H groups in total. The second-order valence-corrected chi connectivity index (χ2v) is 6.98. The number of anilines is 1. The molecule has 3 rings (SSSR count). The third-order valence-corrected chi connectivity index (χ3v) is 4.91. The Morgan fingerprint density at radius 3 is 2.91 bits per heavy atom. The van der Waals surface area contributed by atoms with Crippen LogP contribution in [0.4, 0.5) is 5.95 Å². The van der Waals surface area contributed by atoms with Crippen LogP contribution in [0.15, 0.2) is 36.0 Å². The molecule has 0 aromatic carbocycles. The van der Waals surface area contributed by atoms with E-state index in [2.05, 4.69) is 9.97 Å². The summed E-state index contributed by atoms with van der Waals surface area (Å²) in [7, 11) is 1.75. The van der Waals surface area contributed by atoms with Gasteiger partial charge in [-0.1, -0.05) is 6.07 Å². The molecule has 0 radical (unpaired) electrons. The Morgan fingerprint density at radius 1 is 1.43 bits per heavy atom. The van der Waals surface area contributed by atoms with Crippen molar-refractivity contribution in [1.29, 1.82) is 0 Å². The second-order valence-electron chi connectivity index (χ2n) is 5.95. The molecular weight excluding hydrogens is 312 g/mol. The van der Waals surface area contributed by atoms with Gasteiger partial charge in [0.25, 0.3) is 0 Å². The number of hydrogen-bond donors (Lipinski definition) is 1.